The molecule has 1 aromatic carbocycles. The predicted octanol–water partition coefficient (Wildman–Crippen LogP) is 2.66. The van der Waals surface area contributed by atoms with Crippen LogP contribution in [0.15, 0.2) is 12.1 Å². The van der Waals surface area contributed by atoms with Crippen LogP contribution in [0.1, 0.15) is 39.6 Å². The quantitative estimate of drug-likeness (QED) is 0.938. The van der Waals surface area contributed by atoms with Crippen molar-refractivity contribution in [1.29, 1.82) is 0 Å². The first-order valence-corrected chi connectivity index (χ1v) is 7.46. The van der Waals surface area contributed by atoms with Gasteiger partial charge in [-0.15, -0.1) is 0 Å². The Bertz CT molecular complexity index is 726. The van der Waals surface area contributed by atoms with Gasteiger partial charge in [-0.05, 0) is 37.0 Å². The van der Waals surface area contributed by atoms with Gasteiger partial charge in [-0.2, -0.15) is 5.10 Å². The minimum atomic E-state index is 0.0476. The Kier molecular flexibility index (Phi) is 3.98. The fourth-order valence-electron chi connectivity index (χ4n) is 3.20. The summed E-state index contributed by atoms with van der Waals surface area (Å²) < 4.78 is 16.1. The van der Waals surface area contributed by atoms with E-state index in [0.717, 1.165) is 22.5 Å². The molecule has 1 aliphatic rings. The highest BCUT2D eigenvalue weighted by Crippen LogP contribution is 2.42. The van der Waals surface area contributed by atoms with Crippen molar-refractivity contribution >= 4 is 5.78 Å². The fraction of sp³-hybridized carbons (Fsp3) is 0.412. The van der Waals surface area contributed by atoms with E-state index in [2.05, 4.69) is 10.2 Å². The number of carbonyl (C=O) groups is 1. The maximum Gasteiger partial charge on any atom is 0.203 e. The molecule has 0 saturated heterocycles. The molecular weight excluding hydrogens is 296 g/mol. The van der Waals surface area contributed by atoms with Crippen LogP contribution in [-0.2, 0) is 6.42 Å². The molecule has 3 rings (SSSR count). The van der Waals surface area contributed by atoms with Gasteiger partial charge in [0.05, 0.1) is 32.6 Å². The van der Waals surface area contributed by atoms with Gasteiger partial charge in [-0.25, -0.2) is 0 Å². The van der Waals surface area contributed by atoms with E-state index >= 15 is 0 Å². The van der Waals surface area contributed by atoms with Gasteiger partial charge in [0.1, 0.15) is 0 Å². The van der Waals surface area contributed by atoms with Crippen molar-refractivity contribution in [3.63, 3.8) is 0 Å². The molecule has 1 aromatic heterocycles. The lowest BCUT2D eigenvalue weighted by Gasteiger charge is -2.23. The number of hydrogen-bond acceptors (Lipinski definition) is 5. The number of ketones is 1. The summed E-state index contributed by atoms with van der Waals surface area (Å²) >= 11 is 0. The third-order valence-corrected chi connectivity index (χ3v) is 4.33. The highest BCUT2D eigenvalue weighted by molar-refractivity contribution is 5.99. The van der Waals surface area contributed by atoms with E-state index in [-0.39, 0.29) is 11.7 Å². The molecule has 0 unspecified atom stereocenters. The van der Waals surface area contributed by atoms with Crippen molar-refractivity contribution in [2.24, 2.45) is 0 Å². The van der Waals surface area contributed by atoms with Crippen LogP contribution in [0.4, 0.5) is 0 Å². The topological polar surface area (TPSA) is 73.4 Å². The number of carbonyl (C=O) groups excluding carboxylic acids is 1. The van der Waals surface area contributed by atoms with Crippen molar-refractivity contribution in [2.45, 2.75) is 25.7 Å². The Morgan fingerprint density at radius 1 is 1.09 bits per heavy atom. The molecule has 0 radical (unpaired) electrons. The highest BCUT2D eigenvalue weighted by Gasteiger charge is 2.31. The maximum absolute atomic E-state index is 12.4. The zero-order valence-corrected chi connectivity index (χ0v) is 13.7. The van der Waals surface area contributed by atoms with Crippen LogP contribution in [0.5, 0.6) is 17.2 Å². The van der Waals surface area contributed by atoms with Crippen LogP contribution < -0.4 is 14.2 Å². The van der Waals surface area contributed by atoms with Crippen LogP contribution in [-0.4, -0.2) is 37.3 Å². The molecule has 1 aliphatic carbocycles. The smallest absolute Gasteiger partial charge is 0.203 e. The van der Waals surface area contributed by atoms with Gasteiger partial charge in [0.2, 0.25) is 5.75 Å². The van der Waals surface area contributed by atoms with Crippen molar-refractivity contribution in [1.82, 2.24) is 10.2 Å². The Balaban J connectivity index is 2.01. The fourth-order valence-corrected chi connectivity index (χ4v) is 3.20. The summed E-state index contributed by atoms with van der Waals surface area (Å²) in [5.74, 6) is 1.91. The normalized spacial score (nSPS) is 16.9. The van der Waals surface area contributed by atoms with E-state index in [1.165, 1.54) is 0 Å². The maximum atomic E-state index is 12.4. The number of aryl methyl sites for hydroxylation is 1. The Labute approximate surface area is 134 Å². The first kappa shape index (κ1) is 15.4. The summed E-state index contributed by atoms with van der Waals surface area (Å²) in [6, 6.07) is 3.81. The summed E-state index contributed by atoms with van der Waals surface area (Å²) in [5.41, 5.74) is 3.40. The average Bonchev–Trinajstić information content (AvgIpc) is 2.94. The molecule has 0 amide bonds. The Morgan fingerprint density at radius 3 is 2.30 bits per heavy atom. The minimum Gasteiger partial charge on any atom is -0.493 e. The molecule has 2 aromatic rings. The van der Waals surface area contributed by atoms with Crippen molar-refractivity contribution in [2.75, 3.05) is 21.3 Å². The van der Waals surface area contributed by atoms with Gasteiger partial charge in [0.15, 0.2) is 17.3 Å². The molecule has 1 heterocycles. The second-order valence-corrected chi connectivity index (χ2v) is 5.66. The van der Waals surface area contributed by atoms with Gasteiger partial charge in [-0.3, -0.25) is 9.89 Å². The van der Waals surface area contributed by atoms with E-state index in [4.69, 9.17) is 14.2 Å². The number of benzene rings is 1. The molecule has 6 nitrogen and oxygen atoms in total. The molecule has 0 bridgehead atoms. The number of aromatic nitrogens is 2. The van der Waals surface area contributed by atoms with Crippen LogP contribution in [0.2, 0.25) is 0 Å². The number of ether oxygens (including phenoxy) is 3. The number of hydrogen-bond donors (Lipinski definition) is 1. The van der Waals surface area contributed by atoms with Crippen molar-refractivity contribution in [3.8, 4) is 17.2 Å². The highest BCUT2D eigenvalue weighted by atomic mass is 16.5. The predicted molar refractivity (Wildman–Crippen MR) is 84.8 cm³/mol. The lowest BCUT2D eigenvalue weighted by molar-refractivity contribution is 0.0963. The Morgan fingerprint density at radius 2 is 1.74 bits per heavy atom. The number of H-pyrrole nitrogens is 1. The summed E-state index contributed by atoms with van der Waals surface area (Å²) in [6.07, 6.45) is 1.16. The first-order chi connectivity index (χ1) is 11.1. The average molecular weight is 316 g/mol. The summed E-state index contributed by atoms with van der Waals surface area (Å²) in [4.78, 5) is 12.4. The van der Waals surface area contributed by atoms with Gasteiger partial charge >= 0.3 is 0 Å². The van der Waals surface area contributed by atoms with Crippen molar-refractivity contribution in [3.05, 3.63) is 34.6 Å². The van der Waals surface area contributed by atoms with Crippen LogP contribution >= 0.6 is 0 Å². The standard InChI is InChI=1S/C17H20N2O4/c1-9-16-12(19-18-9)5-10(6-13(16)20)11-7-14(21-2)17(23-4)15(8-11)22-3/h7-8,10H,5-6H2,1-4H3,(H,18,19)/t10-/m0/s1. The summed E-state index contributed by atoms with van der Waals surface area (Å²) in [7, 11) is 4.74. The monoisotopic (exact) mass is 316 g/mol. The zero-order chi connectivity index (χ0) is 16.6. The van der Waals surface area contributed by atoms with E-state index in [1.807, 2.05) is 19.1 Å². The second-order valence-electron chi connectivity index (χ2n) is 5.66. The van der Waals surface area contributed by atoms with E-state index in [1.54, 1.807) is 21.3 Å². The number of nitrogens with zero attached hydrogens (tertiary/aromatic N) is 1. The third-order valence-electron chi connectivity index (χ3n) is 4.33. The number of Topliss-reactive ketones (excluding diaryl/α,β-unsaturated/α-hetero) is 1. The minimum absolute atomic E-state index is 0.0476. The molecule has 0 aliphatic heterocycles. The second kappa shape index (κ2) is 5.95. The van der Waals surface area contributed by atoms with Gasteiger partial charge < -0.3 is 14.2 Å². The lowest BCUT2D eigenvalue weighted by atomic mass is 9.81. The third kappa shape index (κ3) is 2.54. The van der Waals surface area contributed by atoms with Gasteiger partial charge in [-0.1, -0.05) is 0 Å². The SMILES string of the molecule is COc1cc([C@@H]2CC(=O)c3c(n[nH]c3C)C2)cc(OC)c1OC. The Hall–Kier alpha value is -2.50. The number of fused-ring (bicyclic) bond motifs is 1. The van der Waals surface area contributed by atoms with Crippen molar-refractivity contribution < 1.29 is 19.0 Å². The number of aromatic amines is 1. The van der Waals surface area contributed by atoms with E-state index < -0.39 is 0 Å². The summed E-state index contributed by atoms with van der Waals surface area (Å²) in [5, 5.41) is 7.17. The van der Waals surface area contributed by atoms with Gasteiger partial charge in [0, 0.05) is 12.1 Å². The number of methoxy groups -OCH3 is 3. The summed E-state index contributed by atoms with van der Waals surface area (Å²) in [6.45, 7) is 1.88. The first-order valence-electron chi connectivity index (χ1n) is 7.46. The molecule has 1 N–H and O–H groups in total. The lowest BCUT2D eigenvalue weighted by Crippen LogP contribution is -2.19. The molecule has 0 fully saturated rings. The molecule has 23 heavy (non-hydrogen) atoms. The van der Waals surface area contributed by atoms with Crippen LogP contribution in [0, 0.1) is 6.92 Å². The largest absolute Gasteiger partial charge is 0.493 e. The molecule has 1 atom stereocenters. The van der Waals surface area contributed by atoms with Gasteiger partial charge in [0.25, 0.3) is 0 Å². The van der Waals surface area contributed by atoms with Crippen LogP contribution in [0.3, 0.4) is 0 Å². The zero-order valence-electron chi connectivity index (χ0n) is 13.7. The molecule has 122 valence electrons. The van der Waals surface area contributed by atoms with E-state index in [0.29, 0.717) is 30.1 Å². The molecule has 6 heteroatoms. The van der Waals surface area contributed by atoms with E-state index in [9.17, 15) is 4.79 Å². The van der Waals surface area contributed by atoms with Crippen LogP contribution in [0.25, 0.3) is 0 Å². The molecular formula is C17H20N2O4. The molecule has 0 spiro atoms. The molecule has 0 saturated carbocycles. The number of rotatable bonds is 4. The number of nitrogens with one attached hydrogen (secondary N) is 1.